The first-order chi connectivity index (χ1) is 6.22. The van der Waals surface area contributed by atoms with Crippen LogP contribution in [0, 0.1) is 0 Å². The molecule has 1 aromatic heterocycles. The summed E-state index contributed by atoms with van der Waals surface area (Å²) in [6.07, 6.45) is 5.51. The number of aryl methyl sites for hydroxylation is 2. The molecule has 3 nitrogen and oxygen atoms in total. The molecule has 1 unspecified atom stereocenters. The maximum absolute atomic E-state index is 4.33. The van der Waals surface area contributed by atoms with Gasteiger partial charge in [-0.2, -0.15) is 5.10 Å². The summed E-state index contributed by atoms with van der Waals surface area (Å²) >= 11 is 0. The molecule has 3 heteroatoms. The van der Waals surface area contributed by atoms with E-state index in [1.54, 1.807) is 0 Å². The molecule has 1 atom stereocenters. The zero-order valence-electron chi connectivity index (χ0n) is 8.75. The number of hydrogen-bond acceptors (Lipinski definition) is 2. The highest BCUT2D eigenvalue weighted by atomic mass is 15.2. The number of nitrogens with zero attached hydrogens (tertiary/aromatic N) is 2. The molecule has 13 heavy (non-hydrogen) atoms. The minimum atomic E-state index is 0.615. The summed E-state index contributed by atoms with van der Waals surface area (Å²) in [6.45, 7) is 2.21. The first kappa shape index (κ1) is 10.3. The highest BCUT2D eigenvalue weighted by Gasteiger charge is 2.00. The molecule has 1 aromatic rings. The zero-order chi connectivity index (χ0) is 9.68. The van der Waals surface area contributed by atoms with E-state index in [9.17, 15) is 0 Å². The summed E-state index contributed by atoms with van der Waals surface area (Å²) < 4.78 is 1.86. The lowest BCUT2D eigenvalue weighted by molar-refractivity contribution is 0.538. The fourth-order valence-electron chi connectivity index (χ4n) is 1.33. The summed E-state index contributed by atoms with van der Waals surface area (Å²) in [4.78, 5) is 0. The molecule has 0 aliphatic rings. The van der Waals surface area contributed by atoms with Crippen LogP contribution in [0.25, 0.3) is 0 Å². The molecule has 0 aliphatic carbocycles. The number of aromatic nitrogens is 2. The molecule has 0 radical (unpaired) electrons. The highest BCUT2D eigenvalue weighted by molar-refractivity contribution is 4.98. The van der Waals surface area contributed by atoms with Gasteiger partial charge in [0.15, 0.2) is 0 Å². The van der Waals surface area contributed by atoms with Crippen molar-refractivity contribution in [2.75, 3.05) is 7.05 Å². The predicted octanol–water partition coefficient (Wildman–Crippen LogP) is 1.35. The Labute approximate surface area is 80.1 Å². The fourth-order valence-corrected chi connectivity index (χ4v) is 1.33. The van der Waals surface area contributed by atoms with Crippen LogP contribution < -0.4 is 5.32 Å². The molecule has 0 bridgehead atoms. The van der Waals surface area contributed by atoms with Crippen LogP contribution >= 0.6 is 0 Å². The van der Waals surface area contributed by atoms with Crippen LogP contribution in [-0.2, 0) is 13.5 Å². The molecule has 0 saturated carbocycles. The van der Waals surface area contributed by atoms with Crippen LogP contribution in [0.1, 0.15) is 25.5 Å². The van der Waals surface area contributed by atoms with Crippen LogP contribution in [0.2, 0.25) is 0 Å². The van der Waals surface area contributed by atoms with Crippen molar-refractivity contribution >= 4 is 0 Å². The second-order valence-corrected chi connectivity index (χ2v) is 3.56. The Morgan fingerprint density at radius 3 is 2.92 bits per heavy atom. The Morgan fingerprint density at radius 2 is 2.38 bits per heavy atom. The molecule has 0 fully saturated rings. The Kier molecular flexibility index (Phi) is 3.96. The first-order valence-electron chi connectivity index (χ1n) is 4.88. The van der Waals surface area contributed by atoms with E-state index in [1.807, 2.05) is 25.0 Å². The van der Waals surface area contributed by atoms with Crippen molar-refractivity contribution in [2.45, 2.75) is 32.2 Å². The van der Waals surface area contributed by atoms with Gasteiger partial charge in [-0.3, -0.25) is 4.68 Å². The normalized spacial score (nSPS) is 13.2. The Balaban J connectivity index is 2.20. The molecule has 0 spiro atoms. The van der Waals surface area contributed by atoms with Crippen LogP contribution in [0.15, 0.2) is 12.3 Å². The lowest BCUT2D eigenvalue weighted by Crippen LogP contribution is -2.20. The average Bonchev–Trinajstić information content (AvgIpc) is 2.51. The van der Waals surface area contributed by atoms with Gasteiger partial charge in [-0.05, 0) is 39.3 Å². The van der Waals surface area contributed by atoms with Crippen molar-refractivity contribution in [3.05, 3.63) is 18.0 Å². The van der Waals surface area contributed by atoms with Gasteiger partial charge in [-0.15, -0.1) is 0 Å². The number of hydrogen-bond donors (Lipinski definition) is 1. The van der Waals surface area contributed by atoms with Crippen LogP contribution in [0.5, 0.6) is 0 Å². The van der Waals surface area contributed by atoms with Crippen molar-refractivity contribution in [1.29, 1.82) is 0 Å². The van der Waals surface area contributed by atoms with Gasteiger partial charge >= 0.3 is 0 Å². The van der Waals surface area contributed by atoms with Crippen molar-refractivity contribution < 1.29 is 0 Å². The van der Waals surface area contributed by atoms with Gasteiger partial charge in [0.2, 0.25) is 0 Å². The summed E-state index contributed by atoms with van der Waals surface area (Å²) in [5, 5.41) is 7.56. The third kappa shape index (κ3) is 3.59. The SMILES string of the molecule is CNC(C)CCCc1ccn(C)n1. The van der Waals surface area contributed by atoms with Gasteiger partial charge in [0, 0.05) is 19.3 Å². The summed E-state index contributed by atoms with van der Waals surface area (Å²) in [7, 11) is 3.96. The van der Waals surface area contributed by atoms with Gasteiger partial charge in [0.1, 0.15) is 0 Å². The monoisotopic (exact) mass is 181 g/mol. The minimum absolute atomic E-state index is 0.615. The lowest BCUT2D eigenvalue weighted by atomic mass is 10.1. The third-order valence-corrected chi connectivity index (χ3v) is 2.33. The third-order valence-electron chi connectivity index (χ3n) is 2.33. The second-order valence-electron chi connectivity index (χ2n) is 3.56. The van der Waals surface area contributed by atoms with Crippen molar-refractivity contribution in [3.8, 4) is 0 Å². The molecule has 74 valence electrons. The maximum Gasteiger partial charge on any atom is 0.0624 e. The average molecular weight is 181 g/mol. The molecule has 0 amide bonds. The largest absolute Gasteiger partial charge is 0.317 e. The first-order valence-corrected chi connectivity index (χ1v) is 4.88. The standard InChI is InChI=1S/C10H19N3/c1-9(11-2)5-4-6-10-7-8-13(3)12-10/h7-9,11H,4-6H2,1-3H3. The summed E-state index contributed by atoms with van der Waals surface area (Å²) in [5.74, 6) is 0. The van der Waals surface area contributed by atoms with E-state index in [-0.39, 0.29) is 0 Å². The van der Waals surface area contributed by atoms with E-state index >= 15 is 0 Å². The van der Waals surface area contributed by atoms with E-state index in [0.29, 0.717) is 6.04 Å². The molecule has 0 aromatic carbocycles. The summed E-state index contributed by atoms with van der Waals surface area (Å²) in [6, 6.07) is 2.70. The molecule has 0 aliphatic heterocycles. The zero-order valence-corrected chi connectivity index (χ0v) is 8.75. The van der Waals surface area contributed by atoms with Crippen LogP contribution in [-0.4, -0.2) is 22.9 Å². The highest BCUT2D eigenvalue weighted by Crippen LogP contribution is 2.03. The predicted molar refractivity (Wildman–Crippen MR) is 54.7 cm³/mol. The van der Waals surface area contributed by atoms with Crippen LogP contribution in [0.4, 0.5) is 0 Å². The molecule has 1 heterocycles. The molecule has 1 N–H and O–H groups in total. The minimum Gasteiger partial charge on any atom is -0.317 e. The van der Waals surface area contributed by atoms with Gasteiger partial charge in [0.25, 0.3) is 0 Å². The molecule has 1 rings (SSSR count). The van der Waals surface area contributed by atoms with Crippen molar-refractivity contribution in [2.24, 2.45) is 7.05 Å². The van der Waals surface area contributed by atoms with E-state index in [4.69, 9.17) is 0 Å². The number of rotatable bonds is 5. The Hall–Kier alpha value is -0.830. The molecular weight excluding hydrogens is 162 g/mol. The van der Waals surface area contributed by atoms with E-state index in [1.165, 1.54) is 18.5 Å². The number of nitrogens with one attached hydrogen (secondary N) is 1. The van der Waals surface area contributed by atoms with Crippen LogP contribution in [0.3, 0.4) is 0 Å². The summed E-state index contributed by atoms with van der Waals surface area (Å²) in [5.41, 5.74) is 1.20. The second kappa shape index (κ2) is 5.02. The lowest BCUT2D eigenvalue weighted by Gasteiger charge is -2.07. The van der Waals surface area contributed by atoms with Gasteiger partial charge < -0.3 is 5.32 Å². The quantitative estimate of drug-likeness (QED) is 0.743. The Bertz CT molecular complexity index is 242. The molecule has 0 saturated heterocycles. The van der Waals surface area contributed by atoms with Crippen molar-refractivity contribution in [3.63, 3.8) is 0 Å². The molecular formula is C10H19N3. The van der Waals surface area contributed by atoms with Gasteiger partial charge in [0.05, 0.1) is 5.69 Å². The van der Waals surface area contributed by atoms with Gasteiger partial charge in [-0.1, -0.05) is 0 Å². The van der Waals surface area contributed by atoms with E-state index in [2.05, 4.69) is 23.4 Å². The van der Waals surface area contributed by atoms with Gasteiger partial charge in [-0.25, -0.2) is 0 Å². The topological polar surface area (TPSA) is 29.9 Å². The van der Waals surface area contributed by atoms with E-state index in [0.717, 1.165) is 6.42 Å². The maximum atomic E-state index is 4.33. The van der Waals surface area contributed by atoms with Crippen molar-refractivity contribution in [1.82, 2.24) is 15.1 Å². The van der Waals surface area contributed by atoms with E-state index < -0.39 is 0 Å². The smallest absolute Gasteiger partial charge is 0.0624 e. The Morgan fingerprint density at radius 1 is 1.62 bits per heavy atom. The fraction of sp³-hybridized carbons (Fsp3) is 0.700.